The van der Waals surface area contributed by atoms with Gasteiger partial charge in [0.25, 0.3) is 0 Å². The maximum Gasteiger partial charge on any atom is 0.214 e. The summed E-state index contributed by atoms with van der Waals surface area (Å²) in [6, 6.07) is 15.6. The van der Waals surface area contributed by atoms with Gasteiger partial charge in [-0.05, 0) is 42.7 Å². The van der Waals surface area contributed by atoms with Crippen molar-refractivity contribution in [2.75, 3.05) is 36.8 Å². The SMILES string of the molecule is Cc1cc(Cl)ccc1N1CCN(S(=O)(=O)CCc2ccccc2)CC1. The fourth-order valence-corrected chi connectivity index (χ4v) is 4.90. The molecule has 2 aromatic carbocycles. The van der Waals surface area contributed by atoms with Crippen LogP contribution in [0.25, 0.3) is 0 Å². The molecule has 134 valence electrons. The molecular weight excluding hydrogens is 356 g/mol. The molecule has 25 heavy (non-hydrogen) atoms. The molecule has 1 heterocycles. The highest BCUT2D eigenvalue weighted by atomic mass is 35.5. The average Bonchev–Trinajstić information content (AvgIpc) is 2.61. The number of anilines is 1. The summed E-state index contributed by atoms with van der Waals surface area (Å²) in [5, 5.41) is 0.725. The smallest absolute Gasteiger partial charge is 0.214 e. The van der Waals surface area contributed by atoms with Gasteiger partial charge in [-0.1, -0.05) is 41.9 Å². The largest absolute Gasteiger partial charge is 0.369 e. The van der Waals surface area contributed by atoms with Gasteiger partial charge >= 0.3 is 0 Å². The van der Waals surface area contributed by atoms with E-state index in [1.165, 1.54) is 0 Å². The lowest BCUT2D eigenvalue weighted by atomic mass is 10.1. The van der Waals surface area contributed by atoms with Gasteiger partial charge in [-0.2, -0.15) is 4.31 Å². The van der Waals surface area contributed by atoms with Gasteiger partial charge in [-0.25, -0.2) is 8.42 Å². The number of benzene rings is 2. The predicted molar refractivity (Wildman–Crippen MR) is 104 cm³/mol. The van der Waals surface area contributed by atoms with Crippen LogP contribution in [0, 0.1) is 6.92 Å². The van der Waals surface area contributed by atoms with E-state index in [2.05, 4.69) is 4.90 Å². The van der Waals surface area contributed by atoms with E-state index < -0.39 is 10.0 Å². The maximum atomic E-state index is 12.6. The number of hydrogen-bond acceptors (Lipinski definition) is 3. The number of sulfonamides is 1. The highest BCUT2D eigenvalue weighted by Gasteiger charge is 2.27. The van der Waals surface area contributed by atoms with Crippen molar-refractivity contribution >= 4 is 27.3 Å². The van der Waals surface area contributed by atoms with Crippen LogP contribution in [0.3, 0.4) is 0 Å². The van der Waals surface area contributed by atoms with Gasteiger partial charge < -0.3 is 4.90 Å². The van der Waals surface area contributed by atoms with Gasteiger partial charge in [0.05, 0.1) is 5.75 Å². The molecule has 0 radical (unpaired) electrons. The van der Waals surface area contributed by atoms with Gasteiger partial charge in [0.1, 0.15) is 0 Å². The molecule has 0 unspecified atom stereocenters. The van der Waals surface area contributed by atoms with E-state index in [1.807, 2.05) is 55.5 Å². The molecule has 0 atom stereocenters. The summed E-state index contributed by atoms with van der Waals surface area (Å²) < 4.78 is 26.8. The lowest BCUT2D eigenvalue weighted by Gasteiger charge is -2.36. The molecule has 0 spiro atoms. The Morgan fingerprint density at radius 1 is 1.00 bits per heavy atom. The monoisotopic (exact) mass is 378 g/mol. The Kier molecular flexibility index (Phi) is 5.67. The molecular formula is C19H23ClN2O2S. The molecule has 1 saturated heterocycles. The van der Waals surface area contributed by atoms with Crippen LogP contribution in [0.5, 0.6) is 0 Å². The van der Waals surface area contributed by atoms with E-state index in [-0.39, 0.29) is 5.75 Å². The normalized spacial score (nSPS) is 16.2. The van der Waals surface area contributed by atoms with E-state index in [0.717, 1.165) is 21.8 Å². The number of aryl methyl sites for hydroxylation is 2. The second-order valence-corrected chi connectivity index (χ2v) is 8.89. The highest BCUT2D eigenvalue weighted by molar-refractivity contribution is 7.89. The standard InChI is InChI=1S/C19H23ClN2O2S/c1-16-15-18(20)7-8-19(16)21-10-12-22(13-11-21)25(23,24)14-9-17-5-3-2-4-6-17/h2-8,15H,9-14H2,1H3. The van der Waals surface area contributed by atoms with Gasteiger partial charge in [0.15, 0.2) is 0 Å². The first-order valence-electron chi connectivity index (χ1n) is 8.48. The van der Waals surface area contributed by atoms with Crippen LogP contribution in [-0.4, -0.2) is 44.7 Å². The van der Waals surface area contributed by atoms with E-state index in [0.29, 0.717) is 32.6 Å². The lowest BCUT2D eigenvalue weighted by molar-refractivity contribution is 0.384. The van der Waals surface area contributed by atoms with E-state index >= 15 is 0 Å². The van der Waals surface area contributed by atoms with Crippen molar-refractivity contribution in [2.45, 2.75) is 13.3 Å². The second kappa shape index (κ2) is 7.77. The summed E-state index contributed by atoms with van der Waals surface area (Å²) in [4.78, 5) is 2.23. The minimum atomic E-state index is -3.22. The first-order valence-corrected chi connectivity index (χ1v) is 10.5. The van der Waals surface area contributed by atoms with Crippen LogP contribution in [0.15, 0.2) is 48.5 Å². The average molecular weight is 379 g/mol. The summed E-state index contributed by atoms with van der Waals surface area (Å²) in [5.41, 5.74) is 3.31. The van der Waals surface area contributed by atoms with Crippen molar-refractivity contribution in [3.63, 3.8) is 0 Å². The number of piperazine rings is 1. The molecule has 1 fully saturated rings. The summed E-state index contributed by atoms with van der Waals surface area (Å²) in [7, 11) is -3.22. The van der Waals surface area contributed by atoms with E-state index in [1.54, 1.807) is 4.31 Å². The second-order valence-electron chi connectivity index (χ2n) is 6.37. The van der Waals surface area contributed by atoms with Gasteiger partial charge in [-0.15, -0.1) is 0 Å². The molecule has 0 saturated carbocycles. The Hall–Kier alpha value is -1.56. The molecule has 1 aliphatic heterocycles. The molecule has 0 N–H and O–H groups in total. The van der Waals surface area contributed by atoms with Crippen LogP contribution in [0.1, 0.15) is 11.1 Å². The van der Waals surface area contributed by atoms with Crippen molar-refractivity contribution in [1.29, 1.82) is 0 Å². The molecule has 2 aromatic rings. The van der Waals surface area contributed by atoms with Gasteiger partial charge in [0, 0.05) is 36.9 Å². The molecule has 0 bridgehead atoms. The summed E-state index contributed by atoms with van der Waals surface area (Å²) in [5.74, 6) is 0.164. The Balaban J connectivity index is 1.59. The van der Waals surface area contributed by atoms with Crippen LogP contribution in [-0.2, 0) is 16.4 Å². The zero-order valence-electron chi connectivity index (χ0n) is 14.4. The minimum Gasteiger partial charge on any atom is -0.369 e. The molecule has 0 amide bonds. The number of rotatable bonds is 5. The zero-order valence-corrected chi connectivity index (χ0v) is 15.9. The number of nitrogens with zero attached hydrogens (tertiary/aromatic N) is 2. The van der Waals surface area contributed by atoms with Crippen LogP contribution >= 0.6 is 11.6 Å². The third-order valence-electron chi connectivity index (χ3n) is 4.62. The lowest BCUT2D eigenvalue weighted by Crippen LogP contribution is -2.49. The summed E-state index contributed by atoms with van der Waals surface area (Å²) in [6.07, 6.45) is 0.555. The van der Waals surface area contributed by atoms with Crippen molar-refractivity contribution in [3.05, 3.63) is 64.7 Å². The predicted octanol–water partition coefficient (Wildman–Crippen LogP) is 3.34. The topological polar surface area (TPSA) is 40.6 Å². The van der Waals surface area contributed by atoms with Crippen molar-refractivity contribution < 1.29 is 8.42 Å². The van der Waals surface area contributed by atoms with E-state index in [9.17, 15) is 8.42 Å². The molecule has 6 heteroatoms. The Bertz CT molecular complexity index is 817. The fraction of sp³-hybridized carbons (Fsp3) is 0.368. The van der Waals surface area contributed by atoms with Crippen molar-refractivity contribution in [3.8, 4) is 0 Å². The highest BCUT2D eigenvalue weighted by Crippen LogP contribution is 2.25. The van der Waals surface area contributed by atoms with Crippen LogP contribution in [0.2, 0.25) is 5.02 Å². The summed E-state index contributed by atoms with van der Waals surface area (Å²) in [6.45, 7) is 4.49. The first kappa shape index (κ1) is 18.2. The maximum absolute atomic E-state index is 12.6. The van der Waals surface area contributed by atoms with Crippen LogP contribution < -0.4 is 4.90 Å². The van der Waals surface area contributed by atoms with E-state index in [4.69, 9.17) is 11.6 Å². The van der Waals surface area contributed by atoms with Crippen molar-refractivity contribution in [2.24, 2.45) is 0 Å². The molecule has 3 rings (SSSR count). The number of hydrogen-bond donors (Lipinski definition) is 0. The van der Waals surface area contributed by atoms with Crippen LogP contribution in [0.4, 0.5) is 5.69 Å². The first-order chi connectivity index (χ1) is 12.0. The van der Waals surface area contributed by atoms with Gasteiger partial charge in [0.2, 0.25) is 10.0 Å². The number of halogens is 1. The third-order valence-corrected chi connectivity index (χ3v) is 6.73. The zero-order chi connectivity index (χ0) is 17.9. The molecule has 0 aliphatic carbocycles. The van der Waals surface area contributed by atoms with Gasteiger partial charge in [-0.3, -0.25) is 0 Å². The minimum absolute atomic E-state index is 0.164. The molecule has 1 aliphatic rings. The molecule has 4 nitrogen and oxygen atoms in total. The Labute approximate surface area is 155 Å². The van der Waals surface area contributed by atoms with Crippen molar-refractivity contribution in [1.82, 2.24) is 4.31 Å². The Morgan fingerprint density at radius 2 is 1.68 bits per heavy atom. The molecule has 0 aromatic heterocycles. The Morgan fingerprint density at radius 3 is 2.32 bits per heavy atom. The fourth-order valence-electron chi connectivity index (χ4n) is 3.20. The summed E-state index contributed by atoms with van der Waals surface area (Å²) >= 11 is 6.02. The quantitative estimate of drug-likeness (QED) is 0.801. The third kappa shape index (κ3) is 4.54.